The monoisotopic (exact) mass is 2050 g/mol. The summed E-state index contributed by atoms with van der Waals surface area (Å²) in [6, 6.07) is 0. The lowest BCUT2D eigenvalue weighted by atomic mass is 9.72. The number of ether oxygens (including phenoxy) is 3. The van der Waals surface area contributed by atoms with Crippen LogP contribution < -0.4 is 0 Å². The Morgan fingerprint density at radius 2 is 0.528 bits per heavy atom. The third-order valence-corrected chi connectivity index (χ3v) is 36.7. The van der Waals surface area contributed by atoms with Gasteiger partial charge in [0.25, 0.3) is 0 Å². The van der Waals surface area contributed by atoms with Crippen LogP contribution in [-0.4, -0.2) is 161 Å². The minimum absolute atomic E-state index is 0.00106. The number of hydrogen-bond acceptors (Lipinski definition) is 13. The molecule has 13 nitrogen and oxygen atoms in total. The summed E-state index contributed by atoms with van der Waals surface area (Å²) in [5.74, 6) is 17.9. The van der Waals surface area contributed by atoms with Crippen LogP contribution in [0.15, 0.2) is 0 Å². The Bertz CT molecular complexity index is 3140. The van der Waals surface area contributed by atoms with E-state index in [4.69, 9.17) is 19.3 Å². The first kappa shape index (κ1) is 137. The topological polar surface area (TPSA) is 227 Å². The second-order valence-electron chi connectivity index (χ2n) is 52.9. The predicted molar refractivity (Wildman–Crippen MR) is 569 cm³/mol. The number of halogens is 9. The van der Waals surface area contributed by atoms with Gasteiger partial charge < -0.3 is 60.2 Å². The smallest absolute Gasteiger partial charge is 0.393 e. The van der Waals surface area contributed by atoms with E-state index < -0.39 is 35.3 Å². The molecule has 14 rings (SSSR count). The van der Waals surface area contributed by atoms with Crippen molar-refractivity contribution in [3.05, 3.63) is 0 Å². The normalized spacial score (nSPS) is 35.1. The molecule has 0 radical (unpaired) electrons. The van der Waals surface area contributed by atoms with Crippen LogP contribution in [0.1, 0.15) is 496 Å². The molecule has 0 amide bonds. The van der Waals surface area contributed by atoms with Crippen molar-refractivity contribution < 1.29 is 104 Å². The molecule has 11 aliphatic carbocycles. The van der Waals surface area contributed by atoms with Gasteiger partial charge in [-0.05, 0) is 438 Å². The first-order chi connectivity index (χ1) is 65.4. The van der Waals surface area contributed by atoms with Gasteiger partial charge in [-0.3, -0.25) is 4.79 Å². The van der Waals surface area contributed by atoms with E-state index >= 15 is 0 Å². The highest BCUT2D eigenvalue weighted by Gasteiger charge is 2.59. The van der Waals surface area contributed by atoms with E-state index in [1.165, 1.54) is 122 Å². The molecule has 3 saturated heterocycles. The van der Waals surface area contributed by atoms with Crippen LogP contribution in [0.25, 0.3) is 0 Å². The van der Waals surface area contributed by atoms with Gasteiger partial charge in [0.2, 0.25) is 0 Å². The van der Waals surface area contributed by atoms with Crippen molar-refractivity contribution in [2.45, 2.75) is 572 Å². The number of Topliss-reactive ketones (excluding diaryl/α,β-unsaturated/α-hetero) is 1. The predicted octanol–water partition coefficient (Wildman–Crippen LogP) is 32.1. The lowest BCUT2D eigenvalue weighted by Crippen LogP contribution is -2.49. The highest BCUT2D eigenvalue weighted by Crippen LogP contribution is 2.51. The molecule has 142 heavy (non-hydrogen) atoms. The molecular formula is C120H227F9O13. The van der Waals surface area contributed by atoms with E-state index in [9.17, 15) is 85.2 Å². The van der Waals surface area contributed by atoms with Crippen molar-refractivity contribution in [2.75, 3.05) is 33.0 Å². The molecule has 11 saturated carbocycles. The Kier molecular flexibility index (Phi) is 62.8. The second kappa shape index (κ2) is 65.3. The summed E-state index contributed by atoms with van der Waals surface area (Å²) >= 11 is 0. The molecule has 14 aliphatic rings. The molecule has 3 heterocycles. The molecule has 0 aromatic heterocycles. The number of rotatable bonds is 13. The zero-order valence-corrected chi connectivity index (χ0v) is 96.4. The van der Waals surface area contributed by atoms with Gasteiger partial charge in [-0.25, -0.2) is 0 Å². The largest absolute Gasteiger partial charge is 0.417 e. The van der Waals surface area contributed by atoms with Crippen LogP contribution in [0.4, 0.5) is 39.5 Å². The Labute approximate surface area is 864 Å². The summed E-state index contributed by atoms with van der Waals surface area (Å²) in [6.45, 7) is 68.0. The van der Waals surface area contributed by atoms with Crippen LogP contribution in [-0.2, 0) is 19.0 Å². The van der Waals surface area contributed by atoms with Crippen LogP contribution >= 0.6 is 0 Å². The fourth-order valence-corrected chi connectivity index (χ4v) is 24.0. The number of carbonyl (C=O) groups is 1. The molecule has 14 fully saturated rings. The molecule has 1 spiro atoms. The number of ketones is 1. The van der Waals surface area contributed by atoms with Gasteiger partial charge in [-0.15, -0.1) is 0 Å². The lowest BCUT2D eigenvalue weighted by molar-refractivity contribution is -0.275. The SMILES string of the molecule is CC(C)C1CCC(=O)CC1.CC(C)C1CCC(C)(O)C1.CC(C)C1CCC(C)(O)CC1.CC(C)C1CCC(O)(C(F)(F)F)C1.CC(C)C1CCC(O)(C(F)(F)F)CC1.CC(C)C1CCC(O)C1.CC(C)C1CCC(O)CC1.CC(C)C1CCC2(CCO2)CC1.CC(C)C1CCCC(C)(O)C1.CC(C)C1CCCC(O)(C(F)(F)F)C1.CC(C)C1CCCC(O)C1.CC(C)C1CCCOCC1.CC(C)C1CCOC1. The highest BCUT2D eigenvalue weighted by atomic mass is 19.4. The third-order valence-electron chi connectivity index (χ3n) is 36.7. The molecule has 22 heteroatoms. The van der Waals surface area contributed by atoms with Gasteiger partial charge in [-0.1, -0.05) is 199 Å². The number of aliphatic hydroxyl groups is 9. The standard InChI is InChI=1S/C11H20O.2C10H17F3O.2C10H20O.C9H15F3O.2C9H18O.C9H16O.2C9H18O.C8H16O.C7H14O/c1-9(2)10-3-5-11(6-4-10)7-8-12-11;1-7(2)8-3-5-9(14,6-4-8)10(11,12)13;1-7(2)8-4-3-5-9(14,6-8)10(11,12)13;1-8(2)9-4-6-10(3,11)7-5-9;1-8(2)9-5-4-6-10(3,11)7-9;1-6(2)7-3-4-8(13,5-7)9(10,11)12;1-7(2)8-4-5-9(3,10)6-8;2*1-7(2)8-3-5-9(10)6-4-8;1-8(2)9-4-3-6-10-7-5-9;1-7(2)8-4-3-5-9(10)6-8;1-6(2)7-3-4-8(9)5-7;1-6(2)7-3-4-8-5-7/h9-10H,3-8H2,1-2H3;2*7-8,14H,3-6H2,1-2H3;2*8-9,11H,4-7H2,1-3H3;6-7,13H,3-5H2,1-2H3;7-8,10H,4-6H2,1-3H3;7-10H,3-6H2,1-2H3;7-8H,3-6H2,1-2H3;8-9H,3-7H2,1-2H3;7-10H,3-6H2,1-2H3;6-9H,3-5H2,1-2H3;6-7H,3-5H2,1-2H3. The number of hydrogen-bond donors (Lipinski definition) is 9. The molecular weight excluding hydrogens is 1820 g/mol. The summed E-state index contributed by atoms with van der Waals surface area (Å²) in [7, 11) is 0. The maximum atomic E-state index is 12.5. The summed E-state index contributed by atoms with van der Waals surface area (Å²) in [4.78, 5) is 10.8. The molecule has 14 unspecified atom stereocenters. The van der Waals surface area contributed by atoms with Crippen molar-refractivity contribution in [2.24, 2.45) is 154 Å². The van der Waals surface area contributed by atoms with Crippen molar-refractivity contribution in [1.82, 2.24) is 0 Å². The number of alkyl halides is 9. The van der Waals surface area contributed by atoms with Crippen molar-refractivity contribution in [3.63, 3.8) is 0 Å². The zero-order valence-electron chi connectivity index (χ0n) is 96.4. The van der Waals surface area contributed by atoms with Gasteiger partial charge in [0, 0.05) is 39.3 Å². The average Bonchev–Trinajstić information content (AvgIpc) is 1.74. The minimum Gasteiger partial charge on any atom is -0.393 e. The van der Waals surface area contributed by atoms with Crippen LogP contribution in [0, 0.1) is 154 Å². The van der Waals surface area contributed by atoms with E-state index in [0.717, 1.165) is 261 Å². The van der Waals surface area contributed by atoms with E-state index in [1.807, 2.05) is 62.3 Å². The Morgan fingerprint density at radius 3 is 0.852 bits per heavy atom. The molecule has 3 aliphatic heterocycles. The summed E-state index contributed by atoms with van der Waals surface area (Å²) in [5.41, 5.74) is -7.97. The Balaban J connectivity index is 0.000000521. The number of carbonyl (C=O) groups excluding carboxylic acids is 1. The summed E-state index contributed by atoms with van der Waals surface area (Å²) in [5, 5.41) is 85.0. The second-order valence-corrected chi connectivity index (χ2v) is 52.9. The maximum absolute atomic E-state index is 12.5. The van der Waals surface area contributed by atoms with Crippen molar-refractivity contribution in [3.8, 4) is 0 Å². The molecule has 14 atom stereocenters. The summed E-state index contributed by atoms with van der Waals surface area (Å²) < 4.78 is 128. The quantitative estimate of drug-likeness (QED) is 0.0783. The zero-order chi connectivity index (χ0) is 109. The van der Waals surface area contributed by atoms with Crippen molar-refractivity contribution >= 4 is 5.78 Å². The fraction of sp³-hybridized carbons (Fsp3) is 0.992. The van der Waals surface area contributed by atoms with E-state index in [2.05, 4.69) is 138 Å². The van der Waals surface area contributed by atoms with E-state index in [0.29, 0.717) is 48.9 Å². The van der Waals surface area contributed by atoms with E-state index in [-0.39, 0.29) is 97.3 Å². The highest BCUT2D eigenvalue weighted by molar-refractivity contribution is 5.79. The van der Waals surface area contributed by atoms with Crippen LogP contribution in [0.3, 0.4) is 0 Å². The van der Waals surface area contributed by atoms with Crippen molar-refractivity contribution in [1.29, 1.82) is 0 Å². The summed E-state index contributed by atoms with van der Waals surface area (Å²) in [6.07, 6.45) is 29.1. The molecule has 9 N–H and O–H groups in total. The van der Waals surface area contributed by atoms with Gasteiger partial charge in [0.15, 0.2) is 16.8 Å². The fourth-order valence-electron chi connectivity index (χ4n) is 24.0. The number of aliphatic hydroxyl groups excluding tert-OH is 3. The third kappa shape index (κ3) is 52.9. The molecule has 0 aromatic carbocycles. The van der Waals surface area contributed by atoms with Crippen LogP contribution in [0.2, 0.25) is 0 Å². The van der Waals surface area contributed by atoms with Crippen LogP contribution in [0.5, 0.6) is 0 Å². The first-order valence-electron chi connectivity index (χ1n) is 58.3. The molecule has 0 bridgehead atoms. The first-order valence-corrected chi connectivity index (χ1v) is 58.3. The van der Waals surface area contributed by atoms with E-state index in [1.54, 1.807) is 0 Å². The molecule has 0 aromatic rings. The van der Waals surface area contributed by atoms with Gasteiger partial charge in [0.1, 0.15) is 5.78 Å². The lowest BCUT2D eigenvalue weighted by Gasteiger charge is -2.47. The minimum atomic E-state index is -4.47. The average molecular weight is 2050 g/mol. The Hall–Kier alpha value is -1.44. The van der Waals surface area contributed by atoms with Gasteiger partial charge >= 0.3 is 18.5 Å². The molecule has 848 valence electrons. The van der Waals surface area contributed by atoms with Gasteiger partial charge in [-0.2, -0.15) is 39.5 Å². The maximum Gasteiger partial charge on any atom is 0.417 e. The Morgan fingerprint density at radius 1 is 0.246 bits per heavy atom. The van der Waals surface area contributed by atoms with Gasteiger partial charge in [0.05, 0.1) is 47.3 Å².